The quantitative estimate of drug-likeness (QED) is 0.739. The molecule has 0 amide bonds. The summed E-state index contributed by atoms with van der Waals surface area (Å²) in [5.41, 5.74) is -1.30. The average Bonchev–Trinajstić information content (AvgIpc) is 2.98. The lowest BCUT2D eigenvalue weighted by atomic mass is 9.51. The lowest BCUT2D eigenvalue weighted by Crippen LogP contribution is -2.61. The molecule has 0 radical (unpaired) electrons. The van der Waals surface area contributed by atoms with Crippen molar-refractivity contribution in [1.82, 2.24) is 0 Å². The van der Waals surface area contributed by atoms with E-state index in [1.165, 1.54) is 5.57 Å². The summed E-state index contributed by atoms with van der Waals surface area (Å²) in [6, 6.07) is 4.89. The summed E-state index contributed by atoms with van der Waals surface area (Å²) in [4.78, 5) is 0. The van der Waals surface area contributed by atoms with Crippen LogP contribution < -0.4 is 0 Å². The van der Waals surface area contributed by atoms with E-state index in [0.29, 0.717) is 0 Å². The average molecular weight is 357 g/mol. The van der Waals surface area contributed by atoms with Crippen molar-refractivity contribution in [3.63, 3.8) is 0 Å². The molecule has 142 valence electrons. The summed E-state index contributed by atoms with van der Waals surface area (Å²) in [5, 5.41) is 31.2. The van der Waals surface area contributed by atoms with Crippen molar-refractivity contribution in [3.8, 4) is 12.1 Å². The van der Waals surface area contributed by atoms with Crippen LogP contribution in [0, 0.1) is 45.3 Å². The highest BCUT2D eigenvalue weighted by molar-refractivity contribution is 5.27. The van der Waals surface area contributed by atoms with Crippen LogP contribution in [0.15, 0.2) is 11.6 Å². The van der Waals surface area contributed by atoms with Gasteiger partial charge in [0.15, 0.2) is 0 Å². The molecule has 2 fully saturated rings. The van der Waals surface area contributed by atoms with E-state index in [2.05, 4.69) is 26.0 Å². The second kappa shape index (κ2) is 6.08. The van der Waals surface area contributed by atoms with Crippen LogP contribution in [0.5, 0.6) is 0 Å². The SMILES string of the molecule is CC1=C[C@@]2(O)[C@@H](CC1)[C@@](C)(C#N)CC[C@@H]2[C@@]1(C)CC[C@@H](C(C)(C)C#N)O1. The Hall–Kier alpha value is -1.36. The predicted octanol–water partition coefficient (Wildman–Crippen LogP) is 4.50. The van der Waals surface area contributed by atoms with E-state index in [1.807, 2.05) is 26.8 Å². The maximum absolute atomic E-state index is 11.9. The molecule has 0 aromatic carbocycles. The first-order valence-corrected chi connectivity index (χ1v) is 9.92. The molecule has 3 rings (SSSR count). The van der Waals surface area contributed by atoms with Crippen LogP contribution in [0.4, 0.5) is 0 Å². The summed E-state index contributed by atoms with van der Waals surface area (Å²) in [5.74, 6) is -0.109. The minimum absolute atomic E-state index is 0.0452. The smallest absolute Gasteiger partial charge is 0.0928 e. The zero-order valence-electron chi connectivity index (χ0n) is 16.8. The second-order valence-electron chi connectivity index (χ2n) is 9.88. The van der Waals surface area contributed by atoms with E-state index in [0.717, 1.165) is 38.5 Å². The minimum atomic E-state index is -1.01. The number of fused-ring (bicyclic) bond motifs is 1. The molecule has 0 aromatic rings. The van der Waals surface area contributed by atoms with Gasteiger partial charge in [-0.05, 0) is 73.1 Å². The second-order valence-corrected chi connectivity index (χ2v) is 9.88. The van der Waals surface area contributed by atoms with Crippen molar-refractivity contribution in [2.75, 3.05) is 0 Å². The van der Waals surface area contributed by atoms with Crippen LogP contribution in [-0.2, 0) is 4.74 Å². The molecule has 0 bridgehead atoms. The van der Waals surface area contributed by atoms with Gasteiger partial charge in [0.1, 0.15) is 0 Å². The van der Waals surface area contributed by atoms with Crippen molar-refractivity contribution in [2.45, 2.75) is 90.4 Å². The predicted molar refractivity (Wildman–Crippen MR) is 99.8 cm³/mol. The molecular weight excluding hydrogens is 324 g/mol. The minimum Gasteiger partial charge on any atom is -0.385 e. The van der Waals surface area contributed by atoms with E-state index >= 15 is 0 Å². The molecule has 1 saturated heterocycles. The zero-order valence-corrected chi connectivity index (χ0v) is 16.8. The summed E-state index contributed by atoms with van der Waals surface area (Å²) in [6.45, 7) is 10.0. The standard InChI is InChI=1S/C22H32N2O2/c1-15-6-7-16-20(4,14-24)10-8-17(22(16,25)12-15)21(5)11-9-18(26-21)19(2,3)13-23/h12,16-18,25H,6-11H2,1-5H3/t16-,17+,18-,20+,21+,22+/m0/s1. The Balaban J connectivity index is 1.97. The molecule has 0 unspecified atom stereocenters. The molecule has 1 aliphatic heterocycles. The van der Waals surface area contributed by atoms with Gasteiger partial charge in [-0.15, -0.1) is 0 Å². The van der Waals surface area contributed by atoms with Gasteiger partial charge in [-0.2, -0.15) is 10.5 Å². The van der Waals surface area contributed by atoms with Gasteiger partial charge < -0.3 is 9.84 Å². The van der Waals surface area contributed by atoms with E-state index < -0.39 is 22.0 Å². The number of allylic oxidation sites excluding steroid dienone is 1. The summed E-state index contributed by atoms with van der Waals surface area (Å²) < 4.78 is 6.50. The van der Waals surface area contributed by atoms with E-state index in [1.54, 1.807) is 0 Å². The fourth-order valence-corrected chi connectivity index (χ4v) is 5.82. The van der Waals surface area contributed by atoms with Gasteiger partial charge in [0, 0.05) is 11.8 Å². The van der Waals surface area contributed by atoms with Crippen LogP contribution in [0.2, 0.25) is 0 Å². The van der Waals surface area contributed by atoms with Gasteiger partial charge in [-0.1, -0.05) is 11.6 Å². The van der Waals surface area contributed by atoms with Crippen LogP contribution >= 0.6 is 0 Å². The largest absolute Gasteiger partial charge is 0.385 e. The van der Waals surface area contributed by atoms with E-state index in [-0.39, 0.29) is 17.9 Å². The highest BCUT2D eigenvalue weighted by Crippen LogP contribution is 2.59. The van der Waals surface area contributed by atoms with Crippen molar-refractivity contribution in [2.24, 2.45) is 22.7 Å². The molecule has 0 aromatic heterocycles. The van der Waals surface area contributed by atoms with Crippen LogP contribution in [0.1, 0.15) is 73.1 Å². The Kier molecular flexibility index (Phi) is 4.54. The molecule has 4 heteroatoms. The van der Waals surface area contributed by atoms with Crippen molar-refractivity contribution in [1.29, 1.82) is 10.5 Å². The van der Waals surface area contributed by atoms with Gasteiger partial charge in [0.05, 0.1) is 40.3 Å². The van der Waals surface area contributed by atoms with Crippen molar-refractivity contribution < 1.29 is 9.84 Å². The number of aliphatic hydroxyl groups is 1. The van der Waals surface area contributed by atoms with Gasteiger partial charge in [-0.3, -0.25) is 0 Å². The number of nitriles is 2. The molecule has 2 aliphatic carbocycles. The fourth-order valence-electron chi connectivity index (χ4n) is 5.82. The van der Waals surface area contributed by atoms with Crippen molar-refractivity contribution >= 4 is 0 Å². The van der Waals surface area contributed by atoms with Gasteiger partial charge in [0.2, 0.25) is 0 Å². The van der Waals surface area contributed by atoms with Crippen LogP contribution in [0.3, 0.4) is 0 Å². The maximum atomic E-state index is 11.9. The van der Waals surface area contributed by atoms with Gasteiger partial charge in [0.25, 0.3) is 0 Å². The van der Waals surface area contributed by atoms with Crippen LogP contribution in [-0.4, -0.2) is 22.4 Å². The number of rotatable bonds is 2. The molecule has 6 atom stereocenters. The Bertz CT molecular complexity index is 700. The Morgan fingerprint density at radius 1 is 1.15 bits per heavy atom. The van der Waals surface area contributed by atoms with E-state index in [9.17, 15) is 15.6 Å². The number of ether oxygens (including phenoxy) is 1. The number of nitrogens with zero attached hydrogens (tertiary/aromatic N) is 2. The summed E-state index contributed by atoms with van der Waals surface area (Å²) in [6.07, 6.45) is 6.96. The Labute approximate surface area is 157 Å². The van der Waals surface area contributed by atoms with Gasteiger partial charge >= 0.3 is 0 Å². The molecule has 1 heterocycles. The zero-order chi connectivity index (χ0) is 19.4. The first kappa shape index (κ1) is 19.4. The third kappa shape index (κ3) is 2.79. The highest BCUT2D eigenvalue weighted by Gasteiger charge is 2.62. The molecule has 1 N–H and O–H groups in total. The summed E-state index contributed by atoms with van der Waals surface area (Å²) in [7, 11) is 0. The normalized spacial score (nSPS) is 46.0. The number of hydrogen-bond acceptors (Lipinski definition) is 4. The lowest BCUT2D eigenvalue weighted by molar-refractivity contribution is -0.189. The molecule has 4 nitrogen and oxygen atoms in total. The van der Waals surface area contributed by atoms with E-state index in [4.69, 9.17) is 4.74 Å². The third-order valence-corrected chi connectivity index (χ3v) is 7.54. The molecule has 3 aliphatic rings. The monoisotopic (exact) mass is 356 g/mol. The molecule has 0 spiro atoms. The lowest BCUT2D eigenvalue weighted by Gasteiger charge is -2.57. The third-order valence-electron chi connectivity index (χ3n) is 7.54. The first-order chi connectivity index (χ1) is 12.0. The first-order valence-electron chi connectivity index (χ1n) is 9.92. The topological polar surface area (TPSA) is 77.0 Å². The molecule has 1 saturated carbocycles. The molecule has 26 heavy (non-hydrogen) atoms. The highest BCUT2D eigenvalue weighted by atomic mass is 16.5. The maximum Gasteiger partial charge on any atom is 0.0928 e. The fraction of sp³-hybridized carbons (Fsp3) is 0.818. The van der Waals surface area contributed by atoms with Crippen LogP contribution in [0.25, 0.3) is 0 Å². The summed E-state index contributed by atoms with van der Waals surface area (Å²) >= 11 is 0. The number of hydrogen-bond donors (Lipinski definition) is 1. The molecular formula is C22H32N2O2. The Morgan fingerprint density at radius 3 is 2.46 bits per heavy atom. The van der Waals surface area contributed by atoms with Crippen molar-refractivity contribution in [3.05, 3.63) is 11.6 Å². The Morgan fingerprint density at radius 2 is 1.85 bits per heavy atom. The van der Waals surface area contributed by atoms with Gasteiger partial charge in [-0.25, -0.2) is 0 Å².